The highest BCUT2D eigenvalue weighted by molar-refractivity contribution is 7.92. The predicted molar refractivity (Wildman–Crippen MR) is 354 cm³/mol. The molecule has 4 amide bonds. The zero-order valence-corrected chi connectivity index (χ0v) is 57.8. The van der Waals surface area contributed by atoms with Crippen molar-refractivity contribution in [2.75, 3.05) is 50.0 Å². The number of sulfone groups is 3. The van der Waals surface area contributed by atoms with Crippen molar-refractivity contribution in [1.29, 1.82) is 0 Å². The Hall–Kier alpha value is -6.14. The van der Waals surface area contributed by atoms with Crippen LogP contribution in [-0.2, 0) is 69.6 Å². The van der Waals surface area contributed by atoms with Crippen molar-refractivity contribution in [2.45, 2.75) is 200 Å². The fraction of sp³-hybridized carbons (Fsp3) is 0.600. The lowest BCUT2D eigenvalue weighted by Gasteiger charge is -2.41. The van der Waals surface area contributed by atoms with E-state index in [0.29, 0.717) is 127 Å². The molecule has 4 saturated heterocycles. The summed E-state index contributed by atoms with van der Waals surface area (Å²) < 4.78 is 198. The lowest BCUT2D eigenvalue weighted by atomic mass is 9.82. The Morgan fingerprint density at radius 3 is 1.29 bits per heavy atom. The summed E-state index contributed by atoms with van der Waals surface area (Å²) in [7, 11) is -10.5. The third-order valence-electron chi connectivity index (χ3n) is 21.3. The van der Waals surface area contributed by atoms with Gasteiger partial charge in [0.05, 0.1) is 26.9 Å². The Morgan fingerprint density at radius 1 is 0.465 bits per heavy atom. The molecule has 1 unspecified atom stereocenters. The van der Waals surface area contributed by atoms with E-state index < -0.39 is 111 Å². The topological polar surface area (TPSA) is 271 Å². The van der Waals surface area contributed by atoms with E-state index in [9.17, 15) is 83.9 Å². The van der Waals surface area contributed by atoms with Crippen LogP contribution in [0.1, 0.15) is 161 Å². The Balaban J connectivity index is 0.000000174. The minimum atomic E-state index is -3.76. The average Bonchev–Trinajstić information content (AvgIpc) is 1.67. The molecule has 2 aliphatic carbocycles. The predicted octanol–water partition coefficient (Wildman–Crippen LogP) is 9.20. The molecule has 7 aliphatic rings. The summed E-state index contributed by atoms with van der Waals surface area (Å²) in [6.07, 6.45) is 14.2. The zero-order valence-electron chi connectivity index (χ0n) is 55.4. The monoisotopic (exact) mass is 1460 g/mol. The van der Waals surface area contributed by atoms with Crippen molar-refractivity contribution in [3.05, 3.63) is 135 Å². The van der Waals surface area contributed by atoms with Crippen molar-refractivity contribution in [3.8, 4) is 0 Å². The first-order valence-corrected chi connectivity index (χ1v) is 39.6. The summed E-state index contributed by atoms with van der Waals surface area (Å²) in [5.41, 5.74) is 19.9. The van der Waals surface area contributed by atoms with Gasteiger partial charge in [0.2, 0.25) is 17.7 Å². The molecular formula is C70H90F9N7O10S3. The summed E-state index contributed by atoms with van der Waals surface area (Å²) in [6.45, 7) is 2.17. The zero-order chi connectivity index (χ0) is 71.7. The average molecular weight is 1460 g/mol. The molecule has 4 aromatic rings. The Labute approximate surface area is 573 Å². The summed E-state index contributed by atoms with van der Waals surface area (Å²) in [6, 6.07) is 7.02. The van der Waals surface area contributed by atoms with Crippen molar-refractivity contribution < 1.29 is 83.9 Å². The van der Waals surface area contributed by atoms with Crippen LogP contribution in [0.5, 0.6) is 0 Å². The summed E-state index contributed by atoms with van der Waals surface area (Å²) in [5, 5.41) is 1.97. The van der Waals surface area contributed by atoms with Gasteiger partial charge < -0.3 is 37.2 Å². The summed E-state index contributed by atoms with van der Waals surface area (Å²) in [5.74, 6) is -11.6. The van der Waals surface area contributed by atoms with Gasteiger partial charge >= 0.3 is 0 Å². The van der Waals surface area contributed by atoms with Gasteiger partial charge in [0, 0.05) is 99.5 Å². The normalized spacial score (nSPS) is 21.5. The summed E-state index contributed by atoms with van der Waals surface area (Å²) in [4.78, 5) is 55.2. The molecule has 546 valence electrons. The van der Waals surface area contributed by atoms with Crippen LogP contribution in [0.2, 0.25) is 0 Å². The number of amides is 4. The maximum Gasteiger partial charge on any atom is 0.251 e. The molecular weight excluding hydrogens is 1370 g/mol. The molecule has 29 heteroatoms. The van der Waals surface area contributed by atoms with E-state index in [1.807, 2.05) is 0 Å². The standard InChI is InChI=1S/C25H28F3N3O4S.C23H31F3N2O3S.C22H31F3N2O3S/c26-20-14-22(28)21(27)11-17(20)12-23(29)16-4-8-31(9-5-16)24(32)6-10-36(34,35)18-2-1-15-3-7-30-25(33)19(15)13-18;24-19-12-21(26)20(25)10-14(19)11-22(27)15-8-16-6-7-17(9-15)28(16)23(29)13-32(30,31)18-4-2-1-3-5-18;23-18-14-20(25)19(24)12-16(18)13-21(26)15-6-9-27(10-7-15)22(28)8-11-31(29,30)17-4-2-1-3-5-17/h1-2,11,13-14,16,23H,3-10,12,29H2,(H,30,33);10,12,15-18,22H,1-9,11,13,27H2;12,14-15,17,21H,1-11,13,26H2/t23-;15?,16-,17+,22-;21-/m111/s1. The van der Waals surface area contributed by atoms with Crippen molar-refractivity contribution in [3.63, 3.8) is 0 Å². The number of nitrogens with two attached hydrogens (primary N) is 3. The quantitative estimate of drug-likeness (QED) is 0.0475. The highest BCUT2D eigenvalue weighted by atomic mass is 32.2. The lowest BCUT2D eigenvalue weighted by molar-refractivity contribution is -0.134. The molecule has 99 heavy (non-hydrogen) atoms. The number of fused-ring (bicyclic) bond motifs is 3. The highest BCUT2D eigenvalue weighted by Crippen LogP contribution is 2.41. The van der Waals surface area contributed by atoms with Crippen molar-refractivity contribution >= 4 is 53.1 Å². The number of benzene rings is 4. The van der Waals surface area contributed by atoms with E-state index in [-0.39, 0.29) is 124 Å². The van der Waals surface area contributed by atoms with Gasteiger partial charge in [-0.1, -0.05) is 44.6 Å². The number of hydrogen-bond donors (Lipinski definition) is 4. The van der Waals surface area contributed by atoms with E-state index in [1.54, 1.807) is 20.8 Å². The largest absolute Gasteiger partial charge is 0.352 e. The highest BCUT2D eigenvalue weighted by Gasteiger charge is 2.46. The number of carbonyl (C=O) groups excluding carboxylic acids is 4. The number of piperidine rings is 3. The van der Waals surface area contributed by atoms with Gasteiger partial charge in [-0.2, -0.15) is 0 Å². The number of carbonyl (C=O) groups is 4. The molecule has 6 fully saturated rings. The Kier molecular flexibility index (Phi) is 26.3. The van der Waals surface area contributed by atoms with Crippen LogP contribution in [0.25, 0.3) is 0 Å². The van der Waals surface area contributed by atoms with E-state index >= 15 is 0 Å². The van der Waals surface area contributed by atoms with Crippen LogP contribution < -0.4 is 22.5 Å². The number of likely N-dealkylation sites (tertiary alicyclic amines) is 2. The first kappa shape index (κ1) is 77.0. The Bertz CT molecular complexity index is 3890. The van der Waals surface area contributed by atoms with E-state index in [2.05, 4.69) is 5.32 Å². The van der Waals surface area contributed by atoms with Gasteiger partial charge in [0.25, 0.3) is 5.91 Å². The molecule has 17 nitrogen and oxygen atoms in total. The first-order chi connectivity index (χ1) is 46.9. The number of nitrogens with one attached hydrogen (secondary N) is 1. The van der Waals surface area contributed by atoms with E-state index in [4.69, 9.17) is 17.2 Å². The summed E-state index contributed by atoms with van der Waals surface area (Å²) >= 11 is 0. The number of halogens is 9. The van der Waals surface area contributed by atoms with Crippen LogP contribution in [0.15, 0.2) is 59.5 Å². The minimum absolute atomic E-state index is 0.000911. The number of nitrogens with zero attached hydrogens (tertiary/aromatic N) is 3. The van der Waals surface area contributed by atoms with Gasteiger partial charge in [-0.25, -0.2) is 64.8 Å². The third kappa shape index (κ3) is 19.9. The smallest absolute Gasteiger partial charge is 0.251 e. The number of hydrogen-bond acceptors (Lipinski definition) is 13. The van der Waals surface area contributed by atoms with E-state index in [0.717, 1.165) is 75.1 Å². The molecule has 0 aromatic heterocycles. The molecule has 6 atom stereocenters. The second-order valence-corrected chi connectivity index (χ2v) is 34.7. The van der Waals surface area contributed by atoms with Crippen LogP contribution in [0, 0.1) is 70.1 Å². The third-order valence-corrected chi connectivity index (χ3v) is 27.4. The van der Waals surface area contributed by atoms with Gasteiger partial charge in [0.1, 0.15) is 23.2 Å². The molecule has 5 heterocycles. The number of rotatable bonds is 20. The fourth-order valence-electron chi connectivity index (χ4n) is 15.4. The molecule has 2 saturated carbocycles. The lowest BCUT2D eigenvalue weighted by Crippen LogP contribution is -2.52. The molecule has 11 rings (SSSR count). The molecule has 2 bridgehead atoms. The fourth-order valence-corrected chi connectivity index (χ4v) is 20.3. The Morgan fingerprint density at radius 2 is 0.859 bits per heavy atom. The van der Waals surface area contributed by atoms with E-state index in [1.165, 1.54) is 12.1 Å². The minimum Gasteiger partial charge on any atom is -0.352 e. The van der Waals surface area contributed by atoms with Crippen molar-refractivity contribution in [2.24, 2.45) is 35.0 Å². The van der Waals surface area contributed by atoms with Gasteiger partial charge in [-0.15, -0.1) is 0 Å². The second-order valence-electron chi connectivity index (χ2n) is 27.9. The van der Waals surface area contributed by atoms with Crippen LogP contribution in [-0.4, -0.2) is 154 Å². The van der Waals surface area contributed by atoms with Crippen LogP contribution in [0.4, 0.5) is 39.5 Å². The van der Waals surface area contributed by atoms with Gasteiger partial charge in [-0.3, -0.25) is 19.2 Å². The van der Waals surface area contributed by atoms with Gasteiger partial charge in [0.15, 0.2) is 64.4 Å². The molecule has 0 radical (unpaired) electrons. The first-order valence-electron chi connectivity index (χ1n) is 34.5. The second kappa shape index (κ2) is 33.8. The SMILES string of the molecule is N[C@H](Cc1cc(F)c(F)cc1F)C1CCN(C(=O)CCS(=O)(=O)C2CCCCC2)CC1.N[C@H](Cc1cc(F)c(F)cc1F)C1CCN(C(=O)CCS(=O)(=O)c2ccc3c(c2)C(=O)NCC3)CC1.N[C@H](Cc1cc(F)c(F)cc1F)C1C[C@H]2CC[C@@H](C1)N2C(=O)CS(=O)(=O)C1CCCCC1. The maximum absolute atomic E-state index is 14.0. The maximum atomic E-state index is 14.0. The molecule has 4 aromatic carbocycles. The molecule has 7 N–H and O–H groups in total. The van der Waals surface area contributed by atoms with Crippen LogP contribution >= 0.6 is 0 Å². The van der Waals surface area contributed by atoms with Crippen LogP contribution in [0.3, 0.4) is 0 Å². The van der Waals surface area contributed by atoms with Crippen molar-refractivity contribution in [1.82, 2.24) is 20.0 Å². The molecule has 5 aliphatic heterocycles. The molecule has 0 spiro atoms. The van der Waals surface area contributed by atoms with Gasteiger partial charge in [-0.05, 0) is 173 Å².